The van der Waals surface area contributed by atoms with Gasteiger partial charge in [-0.3, -0.25) is 4.79 Å². The topological polar surface area (TPSA) is 74.2 Å². The predicted octanol–water partition coefficient (Wildman–Crippen LogP) is 2.46. The summed E-state index contributed by atoms with van der Waals surface area (Å²) in [6.45, 7) is 9.49. The Bertz CT molecular complexity index is 558. The molecule has 1 N–H and O–H groups in total. The van der Waals surface area contributed by atoms with Crippen molar-refractivity contribution in [3.05, 3.63) is 35.9 Å². The summed E-state index contributed by atoms with van der Waals surface area (Å²) in [6.07, 6.45) is -3.60. The van der Waals surface area contributed by atoms with E-state index in [0.29, 0.717) is 6.61 Å². The van der Waals surface area contributed by atoms with Gasteiger partial charge in [-0.1, -0.05) is 30.3 Å². The van der Waals surface area contributed by atoms with Gasteiger partial charge in [0.25, 0.3) is 0 Å². The van der Waals surface area contributed by atoms with Crippen molar-refractivity contribution < 1.29 is 28.5 Å². The normalized spacial score (nSPS) is 30.1. The Balaban J connectivity index is 2.22. The Morgan fingerprint density at radius 2 is 1.80 bits per heavy atom. The number of benzene rings is 1. The molecule has 1 saturated heterocycles. The summed E-state index contributed by atoms with van der Waals surface area (Å²) in [6, 6.07) is 9.70. The van der Waals surface area contributed by atoms with Crippen molar-refractivity contribution in [3.8, 4) is 0 Å². The van der Waals surface area contributed by atoms with Gasteiger partial charge in [0.15, 0.2) is 20.7 Å². The standard InChI is InChI=1S/C18H28O6Si/c1-12-15(23-13(2)19)16(21-11-14-9-7-6-8-10-14)17(18(20)22-12)24-25(3,4)5/h6-10,12,15-18,20H,11H2,1-5H3/t12-,15-,16+,17+,18+/m0/s1. The van der Waals surface area contributed by atoms with Gasteiger partial charge in [-0.15, -0.1) is 0 Å². The molecule has 0 saturated carbocycles. The van der Waals surface area contributed by atoms with Crippen LogP contribution < -0.4 is 0 Å². The van der Waals surface area contributed by atoms with Crippen molar-refractivity contribution >= 4 is 14.3 Å². The maximum Gasteiger partial charge on any atom is 0.303 e. The molecule has 1 fully saturated rings. The second-order valence-corrected chi connectivity index (χ2v) is 11.7. The van der Waals surface area contributed by atoms with Crippen LogP contribution in [0.4, 0.5) is 0 Å². The van der Waals surface area contributed by atoms with Crippen LogP contribution >= 0.6 is 0 Å². The fourth-order valence-electron chi connectivity index (χ4n) is 2.84. The summed E-state index contributed by atoms with van der Waals surface area (Å²) in [5.41, 5.74) is 0.990. The third-order valence-corrected chi connectivity index (χ3v) is 4.80. The highest BCUT2D eigenvalue weighted by molar-refractivity contribution is 6.69. The highest BCUT2D eigenvalue weighted by Crippen LogP contribution is 2.29. The second-order valence-electron chi connectivity index (χ2n) is 7.26. The summed E-state index contributed by atoms with van der Waals surface area (Å²) in [5, 5.41) is 10.4. The number of rotatable bonds is 6. The minimum atomic E-state index is -1.99. The van der Waals surface area contributed by atoms with E-state index in [2.05, 4.69) is 0 Å². The highest BCUT2D eigenvalue weighted by atomic mass is 28.4. The van der Waals surface area contributed by atoms with E-state index in [1.165, 1.54) is 6.92 Å². The molecule has 1 aliphatic heterocycles. The minimum absolute atomic E-state index is 0.328. The Morgan fingerprint density at radius 3 is 2.36 bits per heavy atom. The Morgan fingerprint density at radius 1 is 1.16 bits per heavy atom. The number of carbonyl (C=O) groups is 1. The van der Waals surface area contributed by atoms with Crippen molar-refractivity contribution in [2.75, 3.05) is 0 Å². The van der Waals surface area contributed by atoms with Crippen LogP contribution in [-0.4, -0.2) is 50.1 Å². The molecule has 0 spiro atoms. The summed E-state index contributed by atoms with van der Waals surface area (Å²) >= 11 is 0. The first-order valence-electron chi connectivity index (χ1n) is 8.51. The third-order valence-electron chi connectivity index (χ3n) is 3.82. The molecule has 1 aliphatic rings. The van der Waals surface area contributed by atoms with Crippen molar-refractivity contribution in [2.24, 2.45) is 0 Å². The van der Waals surface area contributed by atoms with Gasteiger partial charge < -0.3 is 23.7 Å². The number of aliphatic hydroxyl groups excluding tert-OH is 1. The lowest BCUT2D eigenvalue weighted by atomic mass is 9.99. The van der Waals surface area contributed by atoms with Gasteiger partial charge >= 0.3 is 5.97 Å². The second kappa shape index (κ2) is 8.42. The maximum absolute atomic E-state index is 11.5. The predicted molar refractivity (Wildman–Crippen MR) is 95.3 cm³/mol. The molecule has 1 heterocycles. The largest absolute Gasteiger partial charge is 0.457 e. The Kier molecular flexibility index (Phi) is 6.76. The molecular weight excluding hydrogens is 340 g/mol. The summed E-state index contributed by atoms with van der Waals surface area (Å²) < 4.78 is 23.1. The van der Waals surface area contributed by atoms with Crippen LogP contribution in [0.15, 0.2) is 30.3 Å². The van der Waals surface area contributed by atoms with Crippen molar-refractivity contribution in [1.29, 1.82) is 0 Å². The summed E-state index contributed by atoms with van der Waals surface area (Å²) in [7, 11) is -1.99. The van der Waals surface area contributed by atoms with Crippen LogP contribution in [-0.2, 0) is 30.0 Å². The van der Waals surface area contributed by atoms with Gasteiger partial charge in [0, 0.05) is 6.92 Å². The van der Waals surface area contributed by atoms with Crippen LogP contribution in [0.1, 0.15) is 19.4 Å². The van der Waals surface area contributed by atoms with E-state index in [1.807, 2.05) is 50.0 Å². The van der Waals surface area contributed by atoms with Gasteiger partial charge in [-0.05, 0) is 32.1 Å². The molecule has 0 radical (unpaired) electrons. The van der Waals surface area contributed by atoms with E-state index in [0.717, 1.165) is 5.56 Å². The van der Waals surface area contributed by atoms with Crippen LogP contribution in [0, 0.1) is 0 Å². The Hall–Kier alpha value is -1.25. The maximum atomic E-state index is 11.5. The molecule has 25 heavy (non-hydrogen) atoms. The zero-order chi connectivity index (χ0) is 18.6. The number of hydrogen-bond donors (Lipinski definition) is 1. The third kappa shape index (κ3) is 5.90. The first-order valence-corrected chi connectivity index (χ1v) is 11.9. The van der Waals surface area contributed by atoms with Crippen LogP contribution in [0.5, 0.6) is 0 Å². The average molecular weight is 369 g/mol. The molecule has 7 heteroatoms. The van der Waals surface area contributed by atoms with Crippen molar-refractivity contribution in [2.45, 2.75) is 70.8 Å². The lowest BCUT2D eigenvalue weighted by Gasteiger charge is -2.44. The Labute approximate surface area is 150 Å². The first-order chi connectivity index (χ1) is 11.7. The number of carbonyl (C=O) groups excluding carboxylic acids is 1. The van der Waals surface area contributed by atoms with Gasteiger partial charge in [-0.2, -0.15) is 0 Å². The molecule has 1 aromatic carbocycles. The van der Waals surface area contributed by atoms with E-state index < -0.39 is 45.0 Å². The van der Waals surface area contributed by atoms with E-state index >= 15 is 0 Å². The number of esters is 1. The minimum Gasteiger partial charge on any atom is -0.457 e. The lowest BCUT2D eigenvalue weighted by molar-refractivity contribution is -0.286. The first kappa shape index (κ1) is 20.1. The van der Waals surface area contributed by atoms with E-state index in [-0.39, 0.29) is 0 Å². The fourth-order valence-corrected chi connectivity index (χ4v) is 3.90. The molecule has 0 unspecified atom stereocenters. The highest BCUT2D eigenvalue weighted by Gasteiger charge is 2.48. The monoisotopic (exact) mass is 368 g/mol. The number of ether oxygens (including phenoxy) is 3. The van der Waals surface area contributed by atoms with E-state index in [1.54, 1.807) is 6.92 Å². The quantitative estimate of drug-likeness (QED) is 0.614. The number of hydrogen-bond acceptors (Lipinski definition) is 6. The van der Waals surface area contributed by atoms with E-state index in [4.69, 9.17) is 18.6 Å². The lowest BCUT2D eigenvalue weighted by Crippen LogP contribution is -2.61. The van der Waals surface area contributed by atoms with Crippen LogP contribution in [0.3, 0.4) is 0 Å². The molecule has 6 nitrogen and oxygen atoms in total. The molecule has 140 valence electrons. The molecule has 1 aromatic rings. The molecule has 2 rings (SSSR count). The zero-order valence-electron chi connectivity index (χ0n) is 15.5. The zero-order valence-corrected chi connectivity index (χ0v) is 16.5. The van der Waals surface area contributed by atoms with Gasteiger partial charge in [-0.25, -0.2) is 0 Å². The molecule has 5 atom stereocenters. The average Bonchev–Trinajstić information content (AvgIpc) is 2.51. The van der Waals surface area contributed by atoms with Crippen LogP contribution in [0.25, 0.3) is 0 Å². The SMILES string of the molecule is CC(=O)O[C@@H]1[C@@H](OCc2ccccc2)[C@@H](O[Si](C)(C)C)[C@H](O)O[C@H]1C. The van der Waals surface area contributed by atoms with Gasteiger partial charge in [0.2, 0.25) is 0 Å². The van der Waals surface area contributed by atoms with E-state index in [9.17, 15) is 9.90 Å². The molecule has 0 bridgehead atoms. The van der Waals surface area contributed by atoms with Crippen LogP contribution in [0.2, 0.25) is 19.6 Å². The number of aliphatic hydroxyl groups is 1. The van der Waals surface area contributed by atoms with Crippen molar-refractivity contribution in [3.63, 3.8) is 0 Å². The summed E-state index contributed by atoms with van der Waals surface area (Å²) in [5.74, 6) is -0.420. The van der Waals surface area contributed by atoms with Crippen molar-refractivity contribution in [1.82, 2.24) is 0 Å². The molecular formula is C18H28O6Si. The molecule has 0 aliphatic carbocycles. The molecule has 0 aromatic heterocycles. The van der Waals surface area contributed by atoms with Gasteiger partial charge in [0.1, 0.15) is 12.2 Å². The summed E-state index contributed by atoms with van der Waals surface area (Å²) in [4.78, 5) is 11.5. The molecule has 0 amide bonds. The van der Waals surface area contributed by atoms with Gasteiger partial charge in [0.05, 0.1) is 12.7 Å². The smallest absolute Gasteiger partial charge is 0.303 e. The fraction of sp³-hybridized carbons (Fsp3) is 0.611.